The van der Waals surface area contributed by atoms with Gasteiger partial charge in [0.2, 0.25) is 0 Å². The predicted molar refractivity (Wildman–Crippen MR) is 63.4 cm³/mol. The summed E-state index contributed by atoms with van der Waals surface area (Å²) in [6, 6.07) is 3.10. The van der Waals surface area contributed by atoms with E-state index in [1.54, 1.807) is 0 Å². The van der Waals surface area contributed by atoms with Gasteiger partial charge in [-0.25, -0.2) is 4.98 Å². The zero-order chi connectivity index (χ0) is 12.1. The van der Waals surface area contributed by atoms with Gasteiger partial charge in [-0.2, -0.15) is 0 Å². The first-order valence-corrected chi connectivity index (χ1v) is 5.36. The van der Waals surface area contributed by atoms with E-state index in [2.05, 4.69) is 24.1 Å². The highest BCUT2D eigenvalue weighted by Crippen LogP contribution is 2.16. The second-order valence-electron chi connectivity index (χ2n) is 4.33. The van der Waals surface area contributed by atoms with E-state index in [-0.39, 0.29) is 11.7 Å². The molecule has 0 aromatic carbocycles. The Morgan fingerprint density at radius 1 is 1.50 bits per heavy atom. The van der Waals surface area contributed by atoms with Crippen molar-refractivity contribution in [2.24, 2.45) is 5.92 Å². The van der Waals surface area contributed by atoms with Crippen molar-refractivity contribution in [3.05, 3.63) is 28.4 Å². The average molecular weight is 223 g/mol. The zero-order valence-corrected chi connectivity index (χ0v) is 9.80. The van der Waals surface area contributed by atoms with Gasteiger partial charge in [0.05, 0.1) is 11.0 Å². The van der Waals surface area contributed by atoms with Crippen LogP contribution in [-0.2, 0) is 0 Å². The molecule has 0 fully saturated rings. The Morgan fingerprint density at radius 2 is 2.19 bits per heavy atom. The SMILES string of the molecule is CC(C)CC(C)Nc1cc([N+](=O)[O-])ccn1. The Balaban J connectivity index is 2.66. The van der Waals surface area contributed by atoms with Crippen LogP contribution in [0, 0.1) is 16.0 Å². The standard InChI is InChI=1S/C11H17N3O2/c1-8(2)6-9(3)13-11-7-10(14(15)16)4-5-12-11/h4-5,7-9H,6H2,1-3H3,(H,12,13). The van der Waals surface area contributed by atoms with Crippen molar-refractivity contribution in [1.29, 1.82) is 0 Å². The summed E-state index contributed by atoms with van der Waals surface area (Å²) in [6.45, 7) is 6.32. The van der Waals surface area contributed by atoms with Crippen molar-refractivity contribution in [3.8, 4) is 0 Å². The lowest BCUT2D eigenvalue weighted by Crippen LogP contribution is -2.18. The van der Waals surface area contributed by atoms with Crippen LogP contribution in [-0.4, -0.2) is 15.9 Å². The molecule has 0 aliphatic heterocycles. The second-order valence-corrected chi connectivity index (χ2v) is 4.33. The van der Waals surface area contributed by atoms with Crippen LogP contribution in [0.3, 0.4) is 0 Å². The van der Waals surface area contributed by atoms with Crippen LogP contribution in [0.15, 0.2) is 18.3 Å². The monoisotopic (exact) mass is 223 g/mol. The maximum absolute atomic E-state index is 10.6. The fourth-order valence-electron chi connectivity index (χ4n) is 1.63. The Morgan fingerprint density at radius 3 is 2.75 bits per heavy atom. The van der Waals surface area contributed by atoms with Crippen LogP contribution < -0.4 is 5.32 Å². The van der Waals surface area contributed by atoms with E-state index in [9.17, 15) is 10.1 Å². The number of hydrogen-bond acceptors (Lipinski definition) is 4. The summed E-state index contributed by atoms with van der Waals surface area (Å²) in [6.07, 6.45) is 2.45. The molecule has 1 unspecified atom stereocenters. The number of hydrogen-bond donors (Lipinski definition) is 1. The van der Waals surface area contributed by atoms with Crippen molar-refractivity contribution in [2.75, 3.05) is 5.32 Å². The van der Waals surface area contributed by atoms with Gasteiger partial charge < -0.3 is 5.32 Å². The summed E-state index contributed by atoms with van der Waals surface area (Å²) in [7, 11) is 0. The Labute approximate surface area is 95.0 Å². The molecule has 1 aromatic heterocycles. The van der Waals surface area contributed by atoms with E-state index < -0.39 is 4.92 Å². The Bertz CT molecular complexity index is 366. The lowest BCUT2D eigenvalue weighted by Gasteiger charge is -2.16. The first kappa shape index (κ1) is 12.4. The summed E-state index contributed by atoms with van der Waals surface area (Å²) >= 11 is 0. The van der Waals surface area contributed by atoms with Gasteiger partial charge in [-0.3, -0.25) is 10.1 Å². The average Bonchev–Trinajstić information content (AvgIpc) is 2.16. The number of nitrogens with one attached hydrogen (secondary N) is 1. The molecule has 16 heavy (non-hydrogen) atoms. The quantitative estimate of drug-likeness (QED) is 0.615. The van der Waals surface area contributed by atoms with Crippen molar-refractivity contribution >= 4 is 11.5 Å². The largest absolute Gasteiger partial charge is 0.367 e. The number of pyridine rings is 1. The van der Waals surface area contributed by atoms with E-state index in [1.807, 2.05) is 6.92 Å². The van der Waals surface area contributed by atoms with E-state index in [0.717, 1.165) is 6.42 Å². The van der Waals surface area contributed by atoms with Gasteiger partial charge in [-0.15, -0.1) is 0 Å². The lowest BCUT2D eigenvalue weighted by molar-refractivity contribution is -0.384. The van der Waals surface area contributed by atoms with Crippen LogP contribution in [0.2, 0.25) is 0 Å². The van der Waals surface area contributed by atoms with Crippen LogP contribution in [0.4, 0.5) is 11.5 Å². The molecule has 1 rings (SSSR count). The molecule has 1 atom stereocenters. The maximum Gasteiger partial charge on any atom is 0.274 e. The molecule has 0 bridgehead atoms. The molecule has 0 amide bonds. The summed E-state index contributed by atoms with van der Waals surface area (Å²) in [5.41, 5.74) is 0.0641. The second kappa shape index (κ2) is 5.44. The maximum atomic E-state index is 10.6. The number of nitro groups is 1. The van der Waals surface area contributed by atoms with Crippen LogP contribution in [0.25, 0.3) is 0 Å². The Hall–Kier alpha value is -1.65. The summed E-state index contributed by atoms with van der Waals surface area (Å²) in [5.74, 6) is 1.14. The summed E-state index contributed by atoms with van der Waals surface area (Å²) in [4.78, 5) is 14.2. The fraction of sp³-hybridized carbons (Fsp3) is 0.545. The molecule has 0 aliphatic rings. The number of aromatic nitrogens is 1. The molecule has 88 valence electrons. The smallest absolute Gasteiger partial charge is 0.274 e. The fourth-order valence-corrected chi connectivity index (χ4v) is 1.63. The third-order valence-electron chi connectivity index (χ3n) is 2.17. The van der Waals surface area contributed by atoms with Gasteiger partial charge in [-0.05, 0) is 19.3 Å². The first-order valence-electron chi connectivity index (χ1n) is 5.36. The highest BCUT2D eigenvalue weighted by Gasteiger charge is 2.09. The molecule has 0 spiro atoms. The molecule has 1 N–H and O–H groups in total. The van der Waals surface area contributed by atoms with Crippen molar-refractivity contribution < 1.29 is 4.92 Å². The first-order chi connectivity index (χ1) is 7.49. The van der Waals surface area contributed by atoms with E-state index >= 15 is 0 Å². The normalized spacial score (nSPS) is 12.5. The minimum absolute atomic E-state index is 0.0641. The van der Waals surface area contributed by atoms with E-state index in [1.165, 1.54) is 18.3 Å². The van der Waals surface area contributed by atoms with Gasteiger partial charge >= 0.3 is 0 Å². The molecule has 0 saturated heterocycles. The Kier molecular flexibility index (Phi) is 4.22. The van der Waals surface area contributed by atoms with Gasteiger partial charge in [0.1, 0.15) is 5.82 Å². The van der Waals surface area contributed by atoms with E-state index in [0.29, 0.717) is 11.7 Å². The molecule has 5 heteroatoms. The van der Waals surface area contributed by atoms with Gasteiger partial charge in [-0.1, -0.05) is 13.8 Å². The number of rotatable bonds is 5. The number of nitrogens with zero attached hydrogens (tertiary/aromatic N) is 2. The highest BCUT2D eigenvalue weighted by molar-refractivity contribution is 5.44. The number of anilines is 1. The predicted octanol–water partition coefficient (Wildman–Crippen LogP) is 2.84. The molecular formula is C11H17N3O2. The molecule has 0 saturated carbocycles. The summed E-state index contributed by atoms with van der Waals surface area (Å²) < 4.78 is 0. The van der Waals surface area contributed by atoms with Crippen LogP contribution in [0.5, 0.6) is 0 Å². The van der Waals surface area contributed by atoms with Crippen molar-refractivity contribution in [3.63, 3.8) is 0 Å². The van der Waals surface area contributed by atoms with Crippen molar-refractivity contribution in [1.82, 2.24) is 4.98 Å². The third kappa shape index (κ3) is 3.84. The topological polar surface area (TPSA) is 68.1 Å². The molecule has 1 heterocycles. The lowest BCUT2D eigenvalue weighted by atomic mass is 10.1. The van der Waals surface area contributed by atoms with Gasteiger partial charge in [0, 0.05) is 18.3 Å². The van der Waals surface area contributed by atoms with Crippen LogP contribution >= 0.6 is 0 Å². The van der Waals surface area contributed by atoms with Crippen molar-refractivity contribution in [2.45, 2.75) is 33.2 Å². The minimum atomic E-state index is -0.417. The third-order valence-corrected chi connectivity index (χ3v) is 2.17. The van der Waals surface area contributed by atoms with Crippen LogP contribution in [0.1, 0.15) is 27.2 Å². The van der Waals surface area contributed by atoms with Gasteiger partial charge in [0.15, 0.2) is 0 Å². The molecular weight excluding hydrogens is 206 g/mol. The highest BCUT2D eigenvalue weighted by atomic mass is 16.6. The summed E-state index contributed by atoms with van der Waals surface area (Å²) in [5, 5.41) is 13.7. The molecule has 1 aromatic rings. The van der Waals surface area contributed by atoms with Gasteiger partial charge in [0.25, 0.3) is 5.69 Å². The zero-order valence-electron chi connectivity index (χ0n) is 9.80. The molecule has 0 aliphatic carbocycles. The van der Waals surface area contributed by atoms with E-state index in [4.69, 9.17) is 0 Å². The molecule has 0 radical (unpaired) electrons. The molecule has 5 nitrogen and oxygen atoms in total. The minimum Gasteiger partial charge on any atom is -0.367 e.